The summed E-state index contributed by atoms with van der Waals surface area (Å²) in [5, 5.41) is 0. The average molecular weight is 365 g/mol. The minimum Gasteiger partial charge on any atom is -0.399 e. The van der Waals surface area contributed by atoms with Gasteiger partial charge in [-0.05, 0) is 47.0 Å². The first-order valence-electron chi connectivity index (χ1n) is 6.43. The number of hydrogen-bond acceptors (Lipinski definition) is 4. The Morgan fingerprint density at radius 1 is 1.40 bits per heavy atom. The molecule has 1 unspecified atom stereocenters. The first kappa shape index (κ1) is 17.4. The lowest BCUT2D eigenvalue weighted by molar-refractivity contribution is 0.116. The van der Waals surface area contributed by atoms with E-state index in [1.54, 1.807) is 12.1 Å². The van der Waals surface area contributed by atoms with Crippen molar-refractivity contribution in [3.8, 4) is 0 Å². The minimum atomic E-state index is -3.61. The number of nitrogen functional groups attached to an aromatic ring is 1. The molecule has 1 aromatic rings. The molecule has 0 aliphatic rings. The van der Waals surface area contributed by atoms with Crippen LogP contribution in [0, 0.1) is 5.92 Å². The van der Waals surface area contributed by atoms with Crippen molar-refractivity contribution in [3.63, 3.8) is 0 Å². The summed E-state index contributed by atoms with van der Waals surface area (Å²) in [6.45, 7) is 6.67. The van der Waals surface area contributed by atoms with E-state index >= 15 is 0 Å². The van der Waals surface area contributed by atoms with E-state index < -0.39 is 10.0 Å². The molecule has 0 saturated heterocycles. The summed E-state index contributed by atoms with van der Waals surface area (Å²) in [4.78, 5) is 0.175. The molecule has 0 fully saturated rings. The summed E-state index contributed by atoms with van der Waals surface area (Å²) < 4.78 is 33.3. The third-order valence-electron chi connectivity index (χ3n) is 2.86. The van der Waals surface area contributed by atoms with Crippen LogP contribution >= 0.6 is 15.9 Å². The first-order chi connectivity index (χ1) is 9.27. The van der Waals surface area contributed by atoms with Gasteiger partial charge in [-0.25, -0.2) is 13.1 Å². The van der Waals surface area contributed by atoms with Gasteiger partial charge in [-0.3, -0.25) is 0 Å². The molecule has 0 bridgehead atoms. The predicted molar refractivity (Wildman–Crippen MR) is 84.0 cm³/mol. The van der Waals surface area contributed by atoms with Crippen molar-refractivity contribution in [1.82, 2.24) is 4.72 Å². The van der Waals surface area contributed by atoms with E-state index in [4.69, 9.17) is 10.5 Å². The molecule has 0 amide bonds. The quantitative estimate of drug-likeness (QED) is 0.727. The number of anilines is 1. The van der Waals surface area contributed by atoms with Crippen molar-refractivity contribution in [2.24, 2.45) is 5.92 Å². The fraction of sp³-hybridized carbons (Fsp3) is 0.538. The van der Waals surface area contributed by atoms with Crippen molar-refractivity contribution in [3.05, 3.63) is 22.7 Å². The molecule has 0 aliphatic heterocycles. The number of hydrogen-bond donors (Lipinski definition) is 2. The van der Waals surface area contributed by atoms with Crippen LogP contribution in [0.5, 0.6) is 0 Å². The van der Waals surface area contributed by atoms with Crippen molar-refractivity contribution in [1.29, 1.82) is 0 Å². The Kier molecular flexibility index (Phi) is 6.44. The van der Waals surface area contributed by atoms with Crippen molar-refractivity contribution in [2.75, 3.05) is 18.9 Å². The predicted octanol–water partition coefficient (Wildman–Crippen LogP) is 2.37. The van der Waals surface area contributed by atoms with E-state index in [9.17, 15) is 8.42 Å². The second-order valence-electron chi connectivity index (χ2n) is 4.82. The standard InChI is InChI=1S/C13H21BrN2O3S/c1-4-19-8-12(9(2)3)16-20(17,18)13-6-5-10(15)7-11(13)14/h5-7,9,12,16H,4,8,15H2,1-3H3. The Morgan fingerprint density at radius 3 is 2.55 bits per heavy atom. The molecule has 1 atom stereocenters. The number of ether oxygens (including phenoxy) is 1. The van der Waals surface area contributed by atoms with E-state index in [-0.39, 0.29) is 16.9 Å². The van der Waals surface area contributed by atoms with Gasteiger partial charge in [0, 0.05) is 22.8 Å². The third kappa shape index (κ3) is 4.73. The fourth-order valence-corrected chi connectivity index (χ4v) is 4.07. The van der Waals surface area contributed by atoms with E-state index in [1.807, 2.05) is 20.8 Å². The van der Waals surface area contributed by atoms with Gasteiger partial charge in [0.25, 0.3) is 0 Å². The highest BCUT2D eigenvalue weighted by Gasteiger charge is 2.24. The van der Waals surface area contributed by atoms with E-state index in [0.717, 1.165) is 0 Å². The normalized spacial score (nSPS) is 13.7. The molecule has 0 heterocycles. The van der Waals surface area contributed by atoms with Gasteiger partial charge in [0.05, 0.1) is 11.5 Å². The number of sulfonamides is 1. The van der Waals surface area contributed by atoms with Crippen LogP contribution in [0.4, 0.5) is 5.69 Å². The maximum atomic E-state index is 12.4. The molecule has 0 aliphatic carbocycles. The molecule has 7 heteroatoms. The van der Waals surface area contributed by atoms with E-state index in [0.29, 0.717) is 23.4 Å². The van der Waals surface area contributed by atoms with Crippen LogP contribution in [0.2, 0.25) is 0 Å². The highest BCUT2D eigenvalue weighted by Crippen LogP contribution is 2.24. The van der Waals surface area contributed by atoms with Crippen LogP contribution in [0.1, 0.15) is 20.8 Å². The summed E-state index contributed by atoms with van der Waals surface area (Å²) in [5.74, 6) is 0.129. The smallest absolute Gasteiger partial charge is 0.242 e. The summed E-state index contributed by atoms with van der Waals surface area (Å²) in [6, 6.07) is 4.34. The van der Waals surface area contributed by atoms with Gasteiger partial charge in [-0.15, -0.1) is 0 Å². The van der Waals surface area contributed by atoms with Crippen LogP contribution in [-0.4, -0.2) is 27.7 Å². The van der Waals surface area contributed by atoms with Crippen LogP contribution in [-0.2, 0) is 14.8 Å². The zero-order chi connectivity index (χ0) is 15.3. The lowest BCUT2D eigenvalue weighted by Gasteiger charge is -2.22. The van der Waals surface area contributed by atoms with Crippen molar-refractivity contribution < 1.29 is 13.2 Å². The number of halogens is 1. The molecule has 20 heavy (non-hydrogen) atoms. The Morgan fingerprint density at radius 2 is 2.05 bits per heavy atom. The Hall–Kier alpha value is -0.630. The van der Waals surface area contributed by atoms with Gasteiger partial charge >= 0.3 is 0 Å². The molecule has 3 N–H and O–H groups in total. The summed E-state index contributed by atoms with van der Waals surface area (Å²) in [5.41, 5.74) is 6.13. The first-order valence-corrected chi connectivity index (χ1v) is 8.70. The summed E-state index contributed by atoms with van der Waals surface area (Å²) in [7, 11) is -3.61. The minimum absolute atomic E-state index is 0.129. The van der Waals surface area contributed by atoms with Gasteiger partial charge in [-0.2, -0.15) is 0 Å². The molecule has 0 radical (unpaired) electrons. The van der Waals surface area contributed by atoms with Gasteiger partial charge in [0.2, 0.25) is 10.0 Å². The maximum Gasteiger partial charge on any atom is 0.242 e. The van der Waals surface area contributed by atoms with Crippen molar-refractivity contribution >= 4 is 31.6 Å². The molecule has 5 nitrogen and oxygen atoms in total. The SMILES string of the molecule is CCOCC(NS(=O)(=O)c1ccc(N)cc1Br)C(C)C. The highest BCUT2D eigenvalue weighted by molar-refractivity contribution is 9.10. The molecule has 0 spiro atoms. The van der Waals surface area contributed by atoms with E-state index in [2.05, 4.69) is 20.7 Å². The van der Waals surface area contributed by atoms with Gasteiger partial charge in [0.1, 0.15) is 0 Å². The van der Waals surface area contributed by atoms with Crippen LogP contribution in [0.15, 0.2) is 27.6 Å². The lowest BCUT2D eigenvalue weighted by atomic mass is 10.1. The Labute approximate surface area is 129 Å². The topological polar surface area (TPSA) is 81.4 Å². The lowest BCUT2D eigenvalue weighted by Crippen LogP contribution is -2.41. The average Bonchev–Trinajstić information content (AvgIpc) is 2.33. The number of nitrogens with two attached hydrogens (primary N) is 1. The molecular weight excluding hydrogens is 344 g/mol. The number of rotatable bonds is 7. The maximum absolute atomic E-state index is 12.4. The van der Waals surface area contributed by atoms with Gasteiger partial charge in [-0.1, -0.05) is 13.8 Å². The molecular formula is C13H21BrN2O3S. The molecule has 1 rings (SSSR count). The number of nitrogens with one attached hydrogen (secondary N) is 1. The Bertz CT molecular complexity index is 547. The summed E-state index contributed by atoms with van der Waals surface area (Å²) in [6.07, 6.45) is 0. The van der Waals surface area contributed by atoms with Crippen LogP contribution in [0.25, 0.3) is 0 Å². The van der Waals surface area contributed by atoms with Gasteiger partial charge in [0.15, 0.2) is 0 Å². The van der Waals surface area contributed by atoms with Crippen molar-refractivity contribution in [2.45, 2.75) is 31.7 Å². The fourth-order valence-electron chi connectivity index (χ4n) is 1.61. The second-order valence-corrected chi connectivity index (χ2v) is 7.36. The highest BCUT2D eigenvalue weighted by atomic mass is 79.9. The molecule has 1 aromatic carbocycles. The molecule has 0 aromatic heterocycles. The zero-order valence-electron chi connectivity index (χ0n) is 11.9. The molecule has 114 valence electrons. The largest absolute Gasteiger partial charge is 0.399 e. The third-order valence-corrected chi connectivity index (χ3v) is 5.32. The monoisotopic (exact) mass is 364 g/mol. The molecule has 0 saturated carbocycles. The van der Waals surface area contributed by atoms with Crippen LogP contribution in [0.3, 0.4) is 0 Å². The number of benzene rings is 1. The van der Waals surface area contributed by atoms with Gasteiger partial charge < -0.3 is 10.5 Å². The Balaban J connectivity index is 2.97. The summed E-state index contributed by atoms with van der Waals surface area (Å²) >= 11 is 3.23. The second kappa shape index (κ2) is 7.40. The van der Waals surface area contributed by atoms with E-state index in [1.165, 1.54) is 6.07 Å². The zero-order valence-corrected chi connectivity index (χ0v) is 14.3. The van der Waals surface area contributed by atoms with Crippen LogP contribution < -0.4 is 10.5 Å².